The van der Waals surface area contributed by atoms with Crippen LogP contribution >= 0.6 is 0 Å². The van der Waals surface area contributed by atoms with Crippen LogP contribution in [0.3, 0.4) is 0 Å². The van der Waals surface area contributed by atoms with E-state index in [0.717, 1.165) is 91.0 Å². The van der Waals surface area contributed by atoms with Gasteiger partial charge in [-0.25, -0.2) is 0 Å². The van der Waals surface area contributed by atoms with Gasteiger partial charge in [0.05, 0.1) is 22.4 Å². The van der Waals surface area contributed by atoms with E-state index in [2.05, 4.69) is 109 Å². The highest BCUT2D eigenvalue weighted by molar-refractivity contribution is 6.13. The van der Waals surface area contributed by atoms with Gasteiger partial charge in [0.2, 0.25) is 0 Å². The number of aromatic nitrogens is 2. The maximum Gasteiger partial charge on any atom is 0.0702 e. The third-order valence-electron chi connectivity index (χ3n) is 11.7. The van der Waals surface area contributed by atoms with E-state index in [1.807, 2.05) is 119 Å². The first-order valence-corrected chi connectivity index (χ1v) is 22.0. The quantitative estimate of drug-likeness (QED) is 0.0753. The summed E-state index contributed by atoms with van der Waals surface area (Å²) < 4.78 is 2.31. The molecule has 0 saturated carbocycles. The van der Waals surface area contributed by atoms with Gasteiger partial charge < -0.3 is 20.6 Å². The number of pyridine rings is 1. The molecule has 0 fully saturated rings. The molecular weight excluding hydrogens is 791 g/mol. The van der Waals surface area contributed by atoms with Crippen molar-refractivity contribution in [1.82, 2.24) is 9.55 Å². The number of nitrogens with one attached hydrogen (secondary N) is 1. The number of nitrogens with zero attached hydrogens (tertiary/aromatic N) is 3. The summed E-state index contributed by atoms with van der Waals surface area (Å²) in [6.07, 6.45) is 30.9. The molecule has 3 N–H and O–H groups in total. The largest absolute Gasteiger partial charge is 0.405 e. The van der Waals surface area contributed by atoms with Crippen molar-refractivity contribution in [2.75, 3.05) is 4.90 Å². The Kier molecular flexibility index (Phi) is 14.2. The molecule has 0 radical (unpaired) electrons. The van der Waals surface area contributed by atoms with Crippen LogP contribution in [-0.2, 0) is 12.8 Å². The molecule has 0 saturated heterocycles. The lowest BCUT2D eigenvalue weighted by Gasteiger charge is -2.26. The standard InChI is InChI=1S/C60H57N5/c1-9-17-44(18-10-2)49-25-29-58(63-40-49)48-26-30-59-55(37-48)56-36-46-23-22-45-24-27-52(38-53(45)54(46)39-60(56)65(59)51(13-5)31-33-61)64(50(11-3)12-4)34-32-47(35-41(6)7)57(62)28-21-42(8)43-19-15-14-16-20-43/h9-21,24-40,62H,1,3,6,8,22-23,61H2,2,4-5,7H3/b18-10-,28-21-,33-31-,34-32-,44-17+,47-35+,50-12+,51-13+,62-57?. The molecule has 6 aromatic rings. The smallest absolute Gasteiger partial charge is 0.0702 e. The third-order valence-corrected chi connectivity index (χ3v) is 11.7. The van der Waals surface area contributed by atoms with Crippen molar-refractivity contribution < 1.29 is 0 Å². The van der Waals surface area contributed by atoms with E-state index in [0.29, 0.717) is 5.71 Å². The van der Waals surface area contributed by atoms with Crippen LogP contribution in [0.15, 0.2) is 226 Å². The van der Waals surface area contributed by atoms with E-state index in [4.69, 9.17) is 16.1 Å². The lowest BCUT2D eigenvalue weighted by atomic mass is 9.84. The average molecular weight is 848 g/mol. The van der Waals surface area contributed by atoms with Gasteiger partial charge in [-0.2, -0.15) is 0 Å². The second kappa shape index (κ2) is 20.4. The van der Waals surface area contributed by atoms with Gasteiger partial charge >= 0.3 is 0 Å². The van der Waals surface area contributed by atoms with Gasteiger partial charge in [-0.15, -0.1) is 0 Å². The van der Waals surface area contributed by atoms with Crippen molar-refractivity contribution in [3.63, 3.8) is 0 Å². The molecule has 5 heteroatoms. The summed E-state index contributed by atoms with van der Waals surface area (Å²) in [5.41, 5.74) is 24.0. The lowest BCUT2D eigenvalue weighted by molar-refractivity contribution is 0.943. The average Bonchev–Trinajstić information content (AvgIpc) is 3.64. The summed E-state index contributed by atoms with van der Waals surface area (Å²) in [6.45, 7) is 24.4. The van der Waals surface area contributed by atoms with Crippen molar-refractivity contribution >= 4 is 50.0 Å². The first-order valence-electron chi connectivity index (χ1n) is 22.0. The number of aryl methyl sites for hydroxylation is 2. The van der Waals surface area contributed by atoms with Gasteiger partial charge in [0.1, 0.15) is 0 Å². The number of hydrogen-bond donors (Lipinski definition) is 2. The van der Waals surface area contributed by atoms with Crippen LogP contribution in [-0.4, -0.2) is 15.3 Å². The Labute approximate surface area is 384 Å². The van der Waals surface area contributed by atoms with Crippen molar-refractivity contribution in [2.45, 2.75) is 40.5 Å². The summed E-state index contributed by atoms with van der Waals surface area (Å²) in [4.78, 5) is 7.05. The van der Waals surface area contributed by atoms with Crippen LogP contribution in [0.4, 0.5) is 5.69 Å². The monoisotopic (exact) mass is 847 g/mol. The second-order valence-corrected chi connectivity index (χ2v) is 16.0. The zero-order valence-electron chi connectivity index (χ0n) is 38.0. The van der Waals surface area contributed by atoms with Crippen LogP contribution < -0.4 is 10.6 Å². The summed E-state index contributed by atoms with van der Waals surface area (Å²) in [5.74, 6) is 0. The Morgan fingerprint density at radius 3 is 2.22 bits per heavy atom. The molecule has 0 aliphatic heterocycles. The topological polar surface area (TPSA) is 70.9 Å². The molecule has 2 heterocycles. The second-order valence-electron chi connectivity index (χ2n) is 16.0. The van der Waals surface area contributed by atoms with Crippen molar-refractivity contribution in [3.8, 4) is 22.4 Å². The van der Waals surface area contributed by atoms with Crippen LogP contribution in [0, 0.1) is 5.41 Å². The molecule has 322 valence electrons. The summed E-state index contributed by atoms with van der Waals surface area (Å²) in [6, 6.07) is 32.3. The zero-order valence-corrected chi connectivity index (χ0v) is 38.0. The minimum Gasteiger partial charge on any atom is -0.405 e. The minimum atomic E-state index is 0.349. The lowest BCUT2D eigenvalue weighted by Crippen LogP contribution is -2.15. The van der Waals surface area contributed by atoms with Crippen molar-refractivity contribution in [1.29, 1.82) is 5.41 Å². The first-order chi connectivity index (χ1) is 31.6. The molecule has 2 aromatic heterocycles. The van der Waals surface area contributed by atoms with E-state index < -0.39 is 0 Å². The fraction of sp³-hybridized carbons (Fsp3) is 0.100. The van der Waals surface area contributed by atoms with Crippen molar-refractivity contribution in [2.24, 2.45) is 5.73 Å². The number of nitrogens with two attached hydrogens (primary N) is 1. The molecule has 4 aromatic carbocycles. The molecule has 7 rings (SSSR count). The number of anilines is 1. The van der Waals surface area contributed by atoms with Crippen LogP contribution in [0.25, 0.3) is 61.0 Å². The SMILES string of the molecule is C=C/C=C(\C=C/C)c1ccc(-c2ccc3c(c2)c2cc4c(cc2n3C(/C=C\N)=C/C)-c2cc(N(/C=C\C(=C/C(=C)C)C(=N)/C=C\C(=C)c3ccccc3)/C(C=C)=C/C)ccc2CC4)nc1. The predicted molar refractivity (Wildman–Crippen MR) is 283 cm³/mol. The molecule has 65 heavy (non-hydrogen) atoms. The van der Waals surface area contributed by atoms with Gasteiger partial charge in [0.15, 0.2) is 0 Å². The number of fused-ring (bicyclic) bond motifs is 6. The Morgan fingerprint density at radius 2 is 1.54 bits per heavy atom. The molecule has 1 aliphatic rings. The van der Waals surface area contributed by atoms with Gasteiger partial charge in [0, 0.05) is 57.0 Å². The van der Waals surface area contributed by atoms with Gasteiger partial charge in [-0.1, -0.05) is 129 Å². The molecule has 5 nitrogen and oxygen atoms in total. The molecule has 0 amide bonds. The predicted octanol–water partition coefficient (Wildman–Crippen LogP) is 15.3. The van der Waals surface area contributed by atoms with Crippen LogP contribution in [0.5, 0.6) is 0 Å². The number of hydrogen-bond acceptors (Lipinski definition) is 4. The van der Waals surface area contributed by atoms with Gasteiger partial charge in [-0.05, 0) is 152 Å². The molecule has 1 aliphatic carbocycles. The van der Waals surface area contributed by atoms with Gasteiger partial charge in [-0.3, -0.25) is 4.98 Å². The van der Waals surface area contributed by atoms with E-state index in [9.17, 15) is 0 Å². The highest BCUT2D eigenvalue weighted by atomic mass is 15.1. The fourth-order valence-corrected chi connectivity index (χ4v) is 8.49. The van der Waals surface area contributed by atoms with Crippen LogP contribution in [0.1, 0.15) is 49.9 Å². The Balaban J connectivity index is 1.32. The zero-order chi connectivity index (χ0) is 46.0. The maximum atomic E-state index is 9.07. The highest BCUT2D eigenvalue weighted by Crippen LogP contribution is 2.43. The van der Waals surface area contributed by atoms with E-state index >= 15 is 0 Å². The number of benzene rings is 4. The highest BCUT2D eigenvalue weighted by Gasteiger charge is 2.23. The number of rotatable bonds is 16. The van der Waals surface area contributed by atoms with E-state index in [-0.39, 0.29) is 0 Å². The van der Waals surface area contributed by atoms with E-state index in [1.165, 1.54) is 27.6 Å². The number of allylic oxidation sites excluding steroid dienone is 17. The Hall–Kier alpha value is -8.02. The van der Waals surface area contributed by atoms with Crippen molar-refractivity contribution in [3.05, 3.63) is 248 Å². The summed E-state index contributed by atoms with van der Waals surface area (Å²) in [7, 11) is 0. The molecular formula is C60H57N5. The summed E-state index contributed by atoms with van der Waals surface area (Å²) >= 11 is 0. The molecule has 0 unspecified atom stereocenters. The van der Waals surface area contributed by atoms with Gasteiger partial charge in [0.25, 0.3) is 0 Å². The Bertz CT molecular complexity index is 3100. The maximum absolute atomic E-state index is 9.07. The molecule has 0 bridgehead atoms. The third kappa shape index (κ3) is 9.65. The van der Waals surface area contributed by atoms with Crippen LogP contribution in [0.2, 0.25) is 0 Å². The fourth-order valence-electron chi connectivity index (χ4n) is 8.49. The molecule has 0 atom stereocenters. The first kappa shape index (κ1) is 45.0. The minimum absolute atomic E-state index is 0.349. The molecule has 0 spiro atoms. The Morgan fingerprint density at radius 1 is 0.769 bits per heavy atom. The van der Waals surface area contributed by atoms with E-state index in [1.54, 1.807) is 18.4 Å². The normalized spacial score (nSPS) is 13.6. The summed E-state index contributed by atoms with van der Waals surface area (Å²) in [5, 5.41) is 11.4.